The molecule has 0 aromatic heterocycles. The van der Waals surface area contributed by atoms with E-state index in [2.05, 4.69) is 15.9 Å². The van der Waals surface area contributed by atoms with E-state index in [1.807, 2.05) is 13.0 Å². The molecule has 1 aromatic carbocycles. The van der Waals surface area contributed by atoms with Crippen molar-refractivity contribution in [1.82, 2.24) is 0 Å². The van der Waals surface area contributed by atoms with E-state index in [4.69, 9.17) is 10.8 Å². The Kier molecular flexibility index (Phi) is 5.98. The molecule has 3 N–H and O–H groups in total. The Morgan fingerprint density at radius 2 is 2.11 bits per heavy atom. The molecule has 1 atom stereocenters. The minimum atomic E-state index is -2.45. The second-order valence-electron chi connectivity index (χ2n) is 4.06. The van der Waals surface area contributed by atoms with E-state index >= 15 is 0 Å². The van der Waals surface area contributed by atoms with Crippen LogP contribution in [0.15, 0.2) is 22.7 Å². The molecular formula is C12H17BrF2N2O. The molecule has 3 nitrogen and oxygen atoms in total. The number of nitrogens with zero attached hydrogens (tertiary/aromatic N) is 1. The lowest BCUT2D eigenvalue weighted by molar-refractivity contribution is 0.152. The van der Waals surface area contributed by atoms with Gasteiger partial charge in [0.15, 0.2) is 0 Å². The smallest absolute Gasteiger partial charge is 0.255 e. The first-order chi connectivity index (χ1) is 8.45. The van der Waals surface area contributed by atoms with Crippen molar-refractivity contribution >= 4 is 21.6 Å². The summed E-state index contributed by atoms with van der Waals surface area (Å²) >= 11 is 3.35. The predicted molar refractivity (Wildman–Crippen MR) is 72.0 cm³/mol. The van der Waals surface area contributed by atoms with E-state index in [0.29, 0.717) is 10.2 Å². The van der Waals surface area contributed by atoms with Gasteiger partial charge in [0.2, 0.25) is 0 Å². The Morgan fingerprint density at radius 3 is 2.56 bits per heavy atom. The van der Waals surface area contributed by atoms with Gasteiger partial charge in [-0.2, -0.15) is 0 Å². The number of benzene rings is 1. The lowest BCUT2D eigenvalue weighted by Crippen LogP contribution is -2.31. The van der Waals surface area contributed by atoms with Crippen LogP contribution in [0.2, 0.25) is 0 Å². The fraction of sp³-hybridized carbons (Fsp3) is 0.500. The molecule has 1 rings (SSSR count). The van der Waals surface area contributed by atoms with Crippen LogP contribution in [0.3, 0.4) is 0 Å². The Bertz CT molecular complexity index is 388. The highest BCUT2D eigenvalue weighted by atomic mass is 79.9. The number of halogens is 3. The van der Waals surface area contributed by atoms with Gasteiger partial charge in [0.05, 0.1) is 18.8 Å². The molecular weight excluding hydrogens is 306 g/mol. The average Bonchev–Trinajstić information content (AvgIpc) is 2.27. The molecule has 0 aliphatic carbocycles. The number of rotatable bonds is 6. The highest BCUT2D eigenvalue weighted by Crippen LogP contribution is 2.29. The second kappa shape index (κ2) is 7.01. The summed E-state index contributed by atoms with van der Waals surface area (Å²) in [4.78, 5) is 1.44. The molecule has 0 saturated heterocycles. The van der Waals surface area contributed by atoms with E-state index < -0.39 is 13.0 Å². The number of aliphatic hydroxyl groups is 1. The van der Waals surface area contributed by atoms with Crippen molar-refractivity contribution in [3.05, 3.63) is 28.2 Å². The second-order valence-corrected chi connectivity index (χ2v) is 4.91. The van der Waals surface area contributed by atoms with Gasteiger partial charge >= 0.3 is 0 Å². The van der Waals surface area contributed by atoms with Gasteiger partial charge < -0.3 is 15.7 Å². The van der Waals surface area contributed by atoms with Crippen LogP contribution in [0.1, 0.15) is 18.5 Å². The summed E-state index contributed by atoms with van der Waals surface area (Å²) in [6.07, 6.45) is -2.45. The Balaban J connectivity index is 2.97. The molecule has 102 valence electrons. The molecule has 0 aliphatic rings. The number of hydrogen-bond acceptors (Lipinski definition) is 3. The van der Waals surface area contributed by atoms with Crippen LogP contribution in [0, 0.1) is 0 Å². The van der Waals surface area contributed by atoms with Gasteiger partial charge in [0.25, 0.3) is 6.43 Å². The van der Waals surface area contributed by atoms with Gasteiger partial charge in [-0.15, -0.1) is 0 Å². The quantitative estimate of drug-likeness (QED) is 0.846. The first kappa shape index (κ1) is 15.3. The maximum Gasteiger partial charge on any atom is 0.255 e. The molecule has 6 heteroatoms. The molecule has 1 unspecified atom stereocenters. The highest BCUT2D eigenvalue weighted by molar-refractivity contribution is 9.10. The maximum absolute atomic E-state index is 12.5. The Hall–Kier alpha value is -0.720. The van der Waals surface area contributed by atoms with Gasteiger partial charge in [-0.3, -0.25) is 0 Å². The summed E-state index contributed by atoms with van der Waals surface area (Å²) in [7, 11) is 0. The normalized spacial score (nSPS) is 12.8. The van der Waals surface area contributed by atoms with E-state index in [-0.39, 0.29) is 19.2 Å². The third kappa shape index (κ3) is 4.19. The van der Waals surface area contributed by atoms with Gasteiger partial charge in [0, 0.05) is 17.1 Å². The van der Waals surface area contributed by atoms with Crippen molar-refractivity contribution in [2.45, 2.75) is 19.4 Å². The van der Waals surface area contributed by atoms with E-state index in [0.717, 1.165) is 5.56 Å². The summed E-state index contributed by atoms with van der Waals surface area (Å²) < 4.78 is 25.6. The lowest BCUT2D eigenvalue weighted by Gasteiger charge is -2.25. The Morgan fingerprint density at radius 1 is 1.44 bits per heavy atom. The minimum Gasteiger partial charge on any atom is -0.395 e. The van der Waals surface area contributed by atoms with E-state index in [1.54, 1.807) is 12.1 Å². The molecule has 0 radical (unpaired) electrons. The van der Waals surface area contributed by atoms with E-state index in [9.17, 15) is 8.78 Å². The van der Waals surface area contributed by atoms with Crippen LogP contribution in [0.25, 0.3) is 0 Å². The summed E-state index contributed by atoms with van der Waals surface area (Å²) in [5.41, 5.74) is 7.31. The highest BCUT2D eigenvalue weighted by Gasteiger charge is 2.15. The molecule has 1 aromatic rings. The van der Waals surface area contributed by atoms with Gasteiger partial charge in [-0.25, -0.2) is 8.78 Å². The molecule has 18 heavy (non-hydrogen) atoms. The van der Waals surface area contributed by atoms with Gasteiger partial charge in [-0.05, 0) is 40.5 Å². The minimum absolute atomic E-state index is 0.114. The SMILES string of the molecule is CC(N)c1ccc(N(CCO)CC(F)F)c(Br)c1. The van der Waals surface area contributed by atoms with Crippen LogP contribution in [-0.4, -0.2) is 31.2 Å². The number of anilines is 1. The molecule has 0 bridgehead atoms. The number of hydrogen-bond donors (Lipinski definition) is 2. The van der Waals surface area contributed by atoms with E-state index in [1.165, 1.54) is 4.90 Å². The molecule has 0 aliphatic heterocycles. The van der Waals surface area contributed by atoms with Gasteiger partial charge in [-0.1, -0.05) is 6.07 Å². The predicted octanol–water partition coefficient (Wildman–Crippen LogP) is 2.53. The summed E-state index contributed by atoms with van der Waals surface area (Å²) in [5.74, 6) is 0. The molecule has 0 amide bonds. The zero-order chi connectivity index (χ0) is 13.7. The molecule has 0 heterocycles. The van der Waals surface area contributed by atoms with Crippen LogP contribution in [-0.2, 0) is 0 Å². The van der Waals surface area contributed by atoms with Crippen molar-refractivity contribution in [2.24, 2.45) is 5.73 Å². The zero-order valence-electron chi connectivity index (χ0n) is 10.1. The first-order valence-electron chi connectivity index (χ1n) is 5.64. The fourth-order valence-corrected chi connectivity index (χ4v) is 2.31. The first-order valence-corrected chi connectivity index (χ1v) is 6.44. The third-order valence-corrected chi connectivity index (χ3v) is 3.20. The zero-order valence-corrected chi connectivity index (χ0v) is 11.7. The fourth-order valence-electron chi connectivity index (χ4n) is 1.66. The Labute approximate surface area is 114 Å². The van der Waals surface area contributed by atoms with Crippen LogP contribution < -0.4 is 10.6 Å². The van der Waals surface area contributed by atoms with Crippen LogP contribution >= 0.6 is 15.9 Å². The van der Waals surface area contributed by atoms with Crippen molar-refractivity contribution in [2.75, 3.05) is 24.6 Å². The van der Waals surface area contributed by atoms with Gasteiger partial charge in [0.1, 0.15) is 0 Å². The van der Waals surface area contributed by atoms with Crippen molar-refractivity contribution in [3.63, 3.8) is 0 Å². The summed E-state index contributed by atoms with van der Waals surface area (Å²) in [5, 5.41) is 8.92. The average molecular weight is 323 g/mol. The van der Waals surface area contributed by atoms with Crippen molar-refractivity contribution < 1.29 is 13.9 Å². The largest absolute Gasteiger partial charge is 0.395 e. The monoisotopic (exact) mass is 322 g/mol. The molecule has 0 saturated carbocycles. The lowest BCUT2D eigenvalue weighted by atomic mass is 10.1. The topological polar surface area (TPSA) is 49.5 Å². The number of nitrogens with two attached hydrogens (primary N) is 1. The number of alkyl halides is 2. The molecule has 0 spiro atoms. The van der Waals surface area contributed by atoms with Crippen LogP contribution in [0.4, 0.5) is 14.5 Å². The maximum atomic E-state index is 12.5. The van der Waals surface area contributed by atoms with Crippen molar-refractivity contribution in [3.8, 4) is 0 Å². The number of aliphatic hydroxyl groups excluding tert-OH is 1. The summed E-state index contributed by atoms with van der Waals surface area (Å²) in [6.45, 7) is 1.44. The van der Waals surface area contributed by atoms with Crippen LogP contribution in [0.5, 0.6) is 0 Å². The third-order valence-electron chi connectivity index (χ3n) is 2.57. The molecule has 0 fully saturated rings. The summed E-state index contributed by atoms with van der Waals surface area (Å²) in [6, 6.07) is 5.24. The van der Waals surface area contributed by atoms with Crippen molar-refractivity contribution in [1.29, 1.82) is 0 Å². The standard InChI is InChI=1S/C12H17BrF2N2O/c1-8(16)9-2-3-11(10(13)6-9)17(4-5-18)7-12(14)15/h2-3,6,8,12,18H,4-5,7,16H2,1H3.